The number of urea groups is 1. The third kappa shape index (κ3) is 3.66. The predicted octanol–water partition coefficient (Wildman–Crippen LogP) is 3.92. The van der Waals surface area contributed by atoms with Crippen LogP contribution in [0, 0.1) is 12.8 Å². The van der Waals surface area contributed by atoms with E-state index in [9.17, 15) is 13.2 Å². The number of fused-ring (bicyclic) bond motifs is 3. The number of amides is 2. The zero-order valence-electron chi connectivity index (χ0n) is 20.5. The summed E-state index contributed by atoms with van der Waals surface area (Å²) in [4.78, 5) is 24.1. The Morgan fingerprint density at radius 3 is 2.56 bits per heavy atom. The molecule has 2 amide bonds. The highest BCUT2D eigenvalue weighted by Gasteiger charge is 2.38. The van der Waals surface area contributed by atoms with Crippen LogP contribution in [0.1, 0.15) is 49.8 Å². The third-order valence-electron chi connectivity index (χ3n) is 7.81. The van der Waals surface area contributed by atoms with Gasteiger partial charge >= 0.3 is 6.03 Å². The Balaban J connectivity index is 1.39. The number of rotatable bonds is 5. The van der Waals surface area contributed by atoms with E-state index in [4.69, 9.17) is 0 Å². The smallest absolute Gasteiger partial charge is 0.317 e. The Bertz CT molecular complexity index is 1550. The Morgan fingerprint density at radius 2 is 1.86 bits per heavy atom. The van der Waals surface area contributed by atoms with Crippen LogP contribution >= 0.6 is 0 Å². The molecule has 4 aromatic rings. The monoisotopic (exact) mass is 506 g/mol. The lowest BCUT2D eigenvalue weighted by Gasteiger charge is -2.29. The minimum absolute atomic E-state index is 0.0108. The Hall–Kier alpha value is -3.40. The molecule has 0 bridgehead atoms. The molecular formula is C26H30N6O3S. The Labute approximate surface area is 210 Å². The van der Waals surface area contributed by atoms with Gasteiger partial charge in [-0.05, 0) is 50.3 Å². The van der Waals surface area contributed by atoms with Gasteiger partial charge in [-0.15, -0.1) is 0 Å². The number of aromatic nitrogens is 4. The average Bonchev–Trinajstić information content (AvgIpc) is 3.57. The number of hydrogen-bond donors (Lipinski definition) is 1. The molecule has 1 aromatic carbocycles. The first-order chi connectivity index (χ1) is 17.4. The van der Waals surface area contributed by atoms with Gasteiger partial charge in [0.2, 0.25) is 0 Å². The zero-order valence-corrected chi connectivity index (χ0v) is 21.3. The molecule has 1 N–H and O–H groups in total. The van der Waals surface area contributed by atoms with E-state index in [1.165, 1.54) is 10.4 Å². The molecule has 0 spiro atoms. The van der Waals surface area contributed by atoms with Gasteiger partial charge in [-0.2, -0.15) is 0 Å². The number of nitrogens with one attached hydrogen (secondary N) is 1. The fraction of sp³-hybridized carbons (Fsp3) is 0.423. The molecule has 4 heterocycles. The summed E-state index contributed by atoms with van der Waals surface area (Å²) in [5.41, 5.74) is 3.67. The van der Waals surface area contributed by atoms with E-state index >= 15 is 0 Å². The number of carbonyl (C=O) groups is 1. The molecule has 2 aliphatic rings. The van der Waals surface area contributed by atoms with Crippen molar-refractivity contribution in [3.05, 3.63) is 60.2 Å². The van der Waals surface area contributed by atoms with Gasteiger partial charge in [0.05, 0.1) is 16.6 Å². The SMILES string of the molecule is CCC1CN(C(=O)NC2CCC2)CC1c1cnc2cnc3c(ccn3S(=O)(=O)c3ccc(C)cc3)n12. The van der Waals surface area contributed by atoms with E-state index < -0.39 is 10.0 Å². The summed E-state index contributed by atoms with van der Waals surface area (Å²) < 4.78 is 30.1. The third-order valence-corrected chi connectivity index (χ3v) is 9.49. The lowest BCUT2D eigenvalue weighted by atomic mass is 9.91. The summed E-state index contributed by atoms with van der Waals surface area (Å²) >= 11 is 0. The van der Waals surface area contributed by atoms with Crippen molar-refractivity contribution in [1.29, 1.82) is 0 Å². The molecule has 188 valence electrons. The van der Waals surface area contributed by atoms with Crippen molar-refractivity contribution in [3.63, 3.8) is 0 Å². The molecule has 3 aromatic heterocycles. The van der Waals surface area contributed by atoms with Gasteiger partial charge < -0.3 is 10.2 Å². The van der Waals surface area contributed by atoms with Crippen molar-refractivity contribution >= 4 is 32.9 Å². The fourth-order valence-electron chi connectivity index (χ4n) is 5.43. The normalized spacial score (nSPS) is 20.8. The van der Waals surface area contributed by atoms with E-state index in [1.807, 2.05) is 22.4 Å². The predicted molar refractivity (Wildman–Crippen MR) is 137 cm³/mol. The van der Waals surface area contributed by atoms with Crippen LogP contribution in [0.25, 0.3) is 16.8 Å². The maximum Gasteiger partial charge on any atom is 0.317 e. The molecule has 1 aliphatic carbocycles. The van der Waals surface area contributed by atoms with Crippen molar-refractivity contribution in [1.82, 2.24) is 28.6 Å². The van der Waals surface area contributed by atoms with Crippen molar-refractivity contribution in [2.24, 2.45) is 5.92 Å². The van der Waals surface area contributed by atoms with Gasteiger partial charge in [0.1, 0.15) is 0 Å². The number of likely N-dealkylation sites (tertiary alicyclic amines) is 1. The molecule has 10 heteroatoms. The van der Waals surface area contributed by atoms with Crippen molar-refractivity contribution in [2.45, 2.75) is 56.4 Å². The maximum absolute atomic E-state index is 13.4. The average molecular weight is 507 g/mol. The molecule has 1 saturated carbocycles. The molecule has 36 heavy (non-hydrogen) atoms. The number of hydrogen-bond acceptors (Lipinski definition) is 5. The Kier molecular flexibility index (Phi) is 5.51. The lowest BCUT2D eigenvalue weighted by Crippen LogP contribution is -2.46. The summed E-state index contributed by atoms with van der Waals surface area (Å²) in [5.74, 6) is 0.387. The highest BCUT2D eigenvalue weighted by atomic mass is 32.2. The van der Waals surface area contributed by atoms with E-state index in [2.05, 4.69) is 22.2 Å². The maximum atomic E-state index is 13.4. The van der Waals surface area contributed by atoms with Crippen LogP contribution in [-0.2, 0) is 10.0 Å². The highest BCUT2D eigenvalue weighted by Crippen LogP contribution is 2.36. The molecule has 9 nitrogen and oxygen atoms in total. The largest absolute Gasteiger partial charge is 0.335 e. The Morgan fingerprint density at radius 1 is 1.08 bits per heavy atom. The van der Waals surface area contributed by atoms with E-state index in [0.29, 0.717) is 41.9 Å². The van der Waals surface area contributed by atoms with Crippen LogP contribution < -0.4 is 5.32 Å². The zero-order chi connectivity index (χ0) is 25.0. The summed E-state index contributed by atoms with van der Waals surface area (Å²) in [7, 11) is -3.81. The first-order valence-corrected chi connectivity index (χ1v) is 14.0. The highest BCUT2D eigenvalue weighted by molar-refractivity contribution is 7.90. The molecule has 2 unspecified atom stereocenters. The summed E-state index contributed by atoms with van der Waals surface area (Å²) in [6.45, 7) is 5.38. The molecule has 2 atom stereocenters. The molecular weight excluding hydrogens is 476 g/mol. The van der Waals surface area contributed by atoms with Crippen molar-refractivity contribution < 1.29 is 13.2 Å². The van der Waals surface area contributed by atoms with Crippen LogP contribution in [0.15, 0.2) is 53.8 Å². The van der Waals surface area contributed by atoms with Crippen LogP contribution in [0.3, 0.4) is 0 Å². The minimum Gasteiger partial charge on any atom is -0.335 e. The lowest BCUT2D eigenvalue weighted by molar-refractivity contribution is 0.194. The van der Waals surface area contributed by atoms with Crippen LogP contribution in [-0.4, -0.2) is 56.8 Å². The van der Waals surface area contributed by atoms with E-state index in [1.54, 1.807) is 42.7 Å². The fourth-order valence-corrected chi connectivity index (χ4v) is 6.73. The second-order valence-corrected chi connectivity index (χ2v) is 11.8. The molecule has 1 saturated heterocycles. The summed E-state index contributed by atoms with van der Waals surface area (Å²) in [6.07, 6.45) is 9.24. The number of nitrogens with zero attached hydrogens (tertiary/aromatic N) is 5. The van der Waals surface area contributed by atoms with Gasteiger partial charge in [0, 0.05) is 43.1 Å². The molecule has 1 aliphatic heterocycles. The summed E-state index contributed by atoms with van der Waals surface area (Å²) in [5, 5.41) is 3.16. The quantitative estimate of drug-likeness (QED) is 0.442. The molecule has 0 radical (unpaired) electrons. The van der Waals surface area contributed by atoms with Crippen LogP contribution in [0.5, 0.6) is 0 Å². The van der Waals surface area contributed by atoms with Crippen molar-refractivity contribution in [2.75, 3.05) is 13.1 Å². The number of carbonyl (C=O) groups excluding carboxylic acids is 1. The summed E-state index contributed by atoms with van der Waals surface area (Å²) in [6, 6.07) is 8.90. The molecule has 6 rings (SSSR count). The number of benzene rings is 1. The standard InChI is InChI=1S/C26H30N6O3S/c1-3-18-15-30(26(33)29-19-5-4-6-19)16-21(18)23-13-27-24-14-28-25-22(32(23)24)11-12-31(25)36(34,35)20-9-7-17(2)8-10-20/h7-14,18-19,21H,3-6,15-16H2,1-2H3,(H,29,33). The van der Waals surface area contributed by atoms with E-state index in [-0.39, 0.29) is 16.8 Å². The van der Waals surface area contributed by atoms with E-state index in [0.717, 1.165) is 30.5 Å². The first-order valence-electron chi connectivity index (χ1n) is 12.6. The van der Waals surface area contributed by atoms with Gasteiger partial charge in [0.25, 0.3) is 10.0 Å². The first kappa shape index (κ1) is 23.0. The number of imidazole rings is 1. The molecule has 2 fully saturated rings. The van der Waals surface area contributed by atoms with Crippen LogP contribution in [0.2, 0.25) is 0 Å². The van der Waals surface area contributed by atoms with Crippen molar-refractivity contribution in [3.8, 4) is 0 Å². The van der Waals surface area contributed by atoms with Gasteiger partial charge in [0.15, 0.2) is 11.3 Å². The van der Waals surface area contributed by atoms with Gasteiger partial charge in [-0.3, -0.25) is 4.40 Å². The van der Waals surface area contributed by atoms with Crippen LogP contribution in [0.4, 0.5) is 4.79 Å². The van der Waals surface area contributed by atoms with Gasteiger partial charge in [-0.1, -0.05) is 31.0 Å². The second kappa shape index (κ2) is 8.62. The number of aryl methyl sites for hydroxylation is 1. The second-order valence-electron chi connectivity index (χ2n) is 10.0. The van der Waals surface area contributed by atoms with Gasteiger partial charge in [-0.25, -0.2) is 27.2 Å². The minimum atomic E-state index is -3.81. The topological polar surface area (TPSA) is 102 Å².